The zero-order chi connectivity index (χ0) is 10.7. The third kappa shape index (κ3) is 2.39. The molecule has 0 aliphatic carbocycles. The summed E-state index contributed by atoms with van der Waals surface area (Å²) < 4.78 is 5.33. The summed E-state index contributed by atoms with van der Waals surface area (Å²) >= 11 is 0. The molecular formula is C11H17N3O. The minimum Gasteiger partial charge on any atom is -0.384 e. The SMILES string of the molecule is COC1CCN(c2ccc(N)nc2)CC1. The molecule has 2 heterocycles. The molecule has 0 bridgehead atoms. The number of hydrogen-bond acceptors (Lipinski definition) is 4. The van der Waals surface area contributed by atoms with Gasteiger partial charge in [-0.25, -0.2) is 4.98 Å². The molecule has 1 saturated heterocycles. The van der Waals surface area contributed by atoms with Crippen LogP contribution in [0.15, 0.2) is 18.3 Å². The lowest BCUT2D eigenvalue weighted by atomic mass is 10.1. The Balaban J connectivity index is 1.98. The number of anilines is 2. The van der Waals surface area contributed by atoms with Crippen LogP contribution in [0.4, 0.5) is 11.5 Å². The molecule has 2 N–H and O–H groups in total. The molecule has 0 aromatic carbocycles. The Morgan fingerprint density at radius 1 is 1.40 bits per heavy atom. The van der Waals surface area contributed by atoms with Crippen LogP contribution in [0, 0.1) is 0 Å². The number of aromatic nitrogens is 1. The van der Waals surface area contributed by atoms with E-state index in [1.807, 2.05) is 18.3 Å². The van der Waals surface area contributed by atoms with Crippen molar-refractivity contribution in [2.75, 3.05) is 30.8 Å². The van der Waals surface area contributed by atoms with Crippen molar-refractivity contribution in [2.24, 2.45) is 0 Å². The highest BCUT2D eigenvalue weighted by molar-refractivity contribution is 5.48. The molecule has 82 valence electrons. The molecule has 0 radical (unpaired) electrons. The first-order valence-corrected chi connectivity index (χ1v) is 5.29. The van der Waals surface area contributed by atoms with Gasteiger partial charge in [-0.2, -0.15) is 0 Å². The Kier molecular flexibility index (Phi) is 3.06. The number of hydrogen-bond donors (Lipinski definition) is 1. The summed E-state index contributed by atoms with van der Waals surface area (Å²) in [5.74, 6) is 0.575. The van der Waals surface area contributed by atoms with Crippen LogP contribution in [0.2, 0.25) is 0 Å². The average molecular weight is 207 g/mol. The van der Waals surface area contributed by atoms with Gasteiger partial charge in [0, 0.05) is 20.2 Å². The zero-order valence-corrected chi connectivity index (χ0v) is 9.02. The average Bonchev–Trinajstić information content (AvgIpc) is 2.30. The predicted octanol–water partition coefficient (Wildman–Crippen LogP) is 1.28. The molecular weight excluding hydrogens is 190 g/mol. The standard InChI is InChI=1S/C11H17N3O/c1-15-10-4-6-14(7-5-10)9-2-3-11(12)13-8-9/h2-3,8,10H,4-7H2,1H3,(H2,12,13). The van der Waals surface area contributed by atoms with E-state index in [0.717, 1.165) is 31.6 Å². The van der Waals surface area contributed by atoms with Crippen LogP contribution in [-0.4, -0.2) is 31.3 Å². The van der Waals surface area contributed by atoms with E-state index in [1.165, 1.54) is 0 Å². The molecule has 4 nitrogen and oxygen atoms in total. The van der Waals surface area contributed by atoms with Gasteiger partial charge >= 0.3 is 0 Å². The smallest absolute Gasteiger partial charge is 0.123 e. The van der Waals surface area contributed by atoms with Crippen LogP contribution >= 0.6 is 0 Å². The first-order chi connectivity index (χ1) is 7.29. The van der Waals surface area contributed by atoms with Gasteiger partial charge in [0.25, 0.3) is 0 Å². The molecule has 0 saturated carbocycles. The summed E-state index contributed by atoms with van der Waals surface area (Å²) in [6, 6.07) is 3.87. The summed E-state index contributed by atoms with van der Waals surface area (Å²) in [5.41, 5.74) is 6.70. The number of ether oxygens (including phenoxy) is 1. The van der Waals surface area contributed by atoms with Crippen LogP contribution < -0.4 is 10.6 Å². The first kappa shape index (κ1) is 10.2. The fraction of sp³-hybridized carbons (Fsp3) is 0.545. The third-order valence-electron chi connectivity index (χ3n) is 2.91. The molecule has 1 aromatic heterocycles. The molecule has 0 atom stereocenters. The fourth-order valence-electron chi connectivity index (χ4n) is 1.93. The number of methoxy groups -OCH3 is 1. The summed E-state index contributed by atoms with van der Waals surface area (Å²) in [4.78, 5) is 6.42. The van der Waals surface area contributed by atoms with Crippen LogP contribution in [0.25, 0.3) is 0 Å². The maximum atomic E-state index is 5.55. The summed E-state index contributed by atoms with van der Waals surface area (Å²) in [5, 5.41) is 0. The highest BCUT2D eigenvalue weighted by atomic mass is 16.5. The normalized spacial score (nSPS) is 18.1. The molecule has 0 spiro atoms. The van der Waals surface area contributed by atoms with Gasteiger partial charge in [-0.15, -0.1) is 0 Å². The number of rotatable bonds is 2. The summed E-state index contributed by atoms with van der Waals surface area (Å²) in [6.07, 6.45) is 4.42. The lowest BCUT2D eigenvalue weighted by molar-refractivity contribution is 0.0819. The van der Waals surface area contributed by atoms with Crippen molar-refractivity contribution in [1.29, 1.82) is 0 Å². The molecule has 0 unspecified atom stereocenters. The second-order valence-corrected chi connectivity index (χ2v) is 3.86. The predicted molar refractivity (Wildman–Crippen MR) is 60.9 cm³/mol. The van der Waals surface area contributed by atoms with Crippen LogP contribution in [-0.2, 0) is 4.74 Å². The first-order valence-electron chi connectivity index (χ1n) is 5.29. The lowest BCUT2D eigenvalue weighted by Crippen LogP contribution is -2.36. The molecule has 4 heteroatoms. The van der Waals surface area contributed by atoms with Crippen molar-refractivity contribution in [3.63, 3.8) is 0 Å². The van der Waals surface area contributed by atoms with Crippen molar-refractivity contribution < 1.29 is 4.74 Å². The van der Waals surface area contributed by atoms with E-state index in [-0.39, 0.29) is 0 Å². The minimum absolute atomic E-state index is 0.419. The van der Waals surface area contributed by atoms with E-state index in [1.54, 1.807) is 7.11 Å². The van der Waals surface area contributed by atoms with Crippen molar-refractivity contribution in [1.82, 2.24) is 4.98 Å². The van der Waals surface area contributed by atoms with Gasteiger partial charge in [-0.3, -0.25) is 0 Å². The van der Waals surface area contributed by atoms with Gasteiger partial charge in [0.15, 0.2) is 0 Å². The molecule has 2 rings (SSSR count). The summed E-state index contributed by atoms with van der Waals surface area (Å²) in [7, 11) is 1.78. The number of nitrogens with two attached hydrogens (primary N) is 1. The Labute approximate surface area is 90.0 Å². The van der Waals surface area contributed by atoms with Gasteiger partial charge in [-0.05, 0) is 25.0 Å². The third-order valence-corrected chi connectivity index (χ3v) is 2.91. The van der Waals surface area contributed by atoms with Crippen molar-refractivity contribution in [3.05, 3.63) is 18.3 Å². The Morgan fingerprint density at radius 2 is 2.13 bits per heavy atom. The maximum Gasteiger partial charge on any atom is 0.123 e. The topological polar surface area (TPSA) is 51.4 Å². The lowest BCUT2D eigenvalue weighted by Gasteiger charge is -2.32. The van der Waals surface area contributed by atoms with Crippen LogP contribution in [0.1, 0.15) is 12.8 Å². The van der Waals surface area contributed by atoms with Gasteiger partial charge in [0.1, 0.15) is 5.82 Å². The molecule has 1 aliphatic heterocycles. The van der Waals surface area contributed by atoms with E-state index < -0.39 is 0 Å². The summed E-state index contributed by atoms with van der Waals surface area (Å²) in [6.45, 7) is 2.06. The molecule has 1 aromatic rings. The number of pyridine rings is 1. The molecule has 1 fully saturated rings. The number of nitrogens with zero attached hydrogens (tertiary/aromatic N) is 2. The zero-order valence-electron chi connectivity index (χ0n) is 9.02. The Bertz CT molecular complexity index is 304. The van der Waals surface area contributed by atoms with E-state index >= 15 is 0 Å². The van der Waals surface area contributed by atoms with E-state index in [4.69, 9.17) is 10.5 Å². The largest absolute Gasteiger partial charge is 0.384 e. The van der Waals surface area contributed by atoms with Gasteiger partial charge < -0.3 is 15.4 Å². The second kappa shape index (κ2) is 4.49. The van der Waals surface area contributed by atoms with Crippen LogP contribution in [0.5, 0.6) is 0 Å². The Morgan fingerprint density at radius 3 is 2.67 bits per heavy atom. The highest BCUT2D eigenvalue weighted by Crippen LogP contribution is 2.20. The monoisotopic (exact) mass is 207 g/mol. The second-order valence-electron chi connectivity index (χ2n) is 3.86. The van der Waals surface area contributed by atoms with E-state index in [2.05, 4.69) is 9.88 Å². The Hall–Kier alpha value is -1.29. The quantitative estimate of drug-likeness (QED) is 0.793. The van der Waals surface area contributed by atoms with Crippen molar-refractivity contribution >= 4 is 11.5 Å². The van der Waals surface area contributed by atoms with Crippen molar-refractivity contribution in [2.45, 2.75) is 18.9 Å². The van der Waals surface area contributed by atoms with Gasteiger partial charge in [0.2, 0.25) is 0 Å². The fourth-order valence-corrected chi connectivity index (χ4v) is 1.93. The molecule has 15 heavy (non-hydrogen) atoms. The minimum atomic E-state index is 0.419. The number of piperidine rings is 1. The highest BCUT2D eigenvalue weighted by Gasteiger charge is 2.18. The van der Waals surface area contributed by atoms with E-state index in [9.17, 15) is 0 Å². The molecule has 1 aliphatic rings. The van der Waals surface area contributed by atoms with Gasteiger partial charge in [0.05, 0.1) is 18.0 Å². The van der Waals surface area contributed by atoms with E-state index in [0.29, 0.717) is 11.9 Å². The van der Waals surface area contributed by atoms with Gasteiger partial charge in [-0.1, -0.05) is 0 Å². The van der Waals surface area contributed by atoms with Crippen molar-refractivity contribution in [3.8, 4) is 0 Å². The maximum absolute atomic E-state index is 5.55. The number of nitrogen functional groups attached to an aromatic ring is 1. The molecule has 0 amide bonds. The van der Waals surface area contributed by atoms with Crippen LogP contribution in [0.3, 0.4) is 0 Å².